The van der Waals surface area contributed by atoms with Gasteiger partial charge in [-0.05, 0) is 18.6 Å². The summed E-state index contributed by atoms with van der Waals surface area (Å²) in [5, 5.41) is 12.3. The molecule has 3 aromatic rings. The molecule has 1 fully saturated rings. The van der Waals surface area contributed by atoms with Gasteiger partial charge in [-0.2, -0.15) is 9.61 Å². The van der Waals surface area contributed by atoms with E-state index in [4.69, 9.17) is 0 Å². The maximum Gasteiger partial charge on any atom is 0.271 e. The molecule has 9 nitrogen and oxygen atoms in total. The molecule has 1 amide bonds. The molecule has 1 aliphatic carbocycles. The fourth-order valence-electron chi connectivity index (χ4n) is 2.94. The molecule has 0 bridgehead atoms. The summed E-state index contributed by atoms with van der Waals surface area (Å²) in [6, 6.07) is 3.64. The molecule has 0 saturated heterocycles. The molecule has 4 N–H and O–H groups in total. The third-order valence-corrected chi connectivity index (χ3v) is 4.63. The molecule has 11 heteroatoms. The van der Waals surface area contributed by atoms with Crippen molar-refractivity contribution in [2.75, 3.05) is 17.7 Å². The van der Waals surface area contributed by atoms with Gasteiger partial charge in [0.15, 0.2) is 5.65 Å². The first kappa shape index (κ1) is 17.9. The van der Waals surface area contributed by atoms with Crippen molar-refractivity contribution < 1.29 is 13.6 Å². The summed E-state index contributed by atoms with van der Waals surface area (Å²) in [4.78, 5) is 31.3. The lowest BCUT2D eigenvalue weighted by Crippen LogP contribution is -2.55. The number of carbonyl (C=O) groups excluding carboxylic acids is 1. The average Bonchev–Trinajstić information content (AvgIpc) is 3.10. The van der Waals surface area contributed by atoms with Crippen LogP contribution in [0.4, 0.5) is 26.1 Å². The normalized spacial score (nSPS) is 17.8. The Kier molecular flexibility index (Phi) is 4.21. The largest absolute Gasteiger partial charge is 0.373 e. The Morgan fingerprint density at radius 2 is 2.25 bits per heavy atom. The van der Waals surface area contributed by atoms with E-state index in [1.807, 2.05) is 0 Å². The molecule has 146 valence electrons. The van der Waals surface area contributed by atoms with Crippen molar-refractivity contribution >= 4 is 28.9 Å². The van der Waals surface area contributed by atoms with Crippen molar-refractivity contribution in [2.45, 2.75) is 24.8 Å². The van der Waals surface area contributed by atoms with E-state index < -0.39 is 17.9 Å². The van der Waals surface area contributed by atoms with E-state index in [1.54, 1.807) is 25.2 Å². The Labute approximate surface area is 157 Å². The van der Waals surface area contributed by atoms with E-state index in [9.17, 15) is 18.4 Å². The monoisotopic (exact) mass is 389 g/mol. The van der Waals surface area contributed by atoms with Crippen LogP contribution in [0.2, 0.25) is 0 Å². The molecule has 3 aromatic heterocycles. The van der Waals surface area contributed by atoms with Crippen LogP contribution in [0.25, 0.3) is 5.65 Å². The molecule has 0 spiro atoms. The first-order valence-electron chi connectivity index (χ1n) is 8.59. The lowest BCUT2D eigenvalue weighted by molar-refractivity contribution is -0.102. The summed E-state index contributed by atoms with van der Waals surface area (Å²) in [6.45, 7) is 0. The number of nitrogens with one attached hydrogen (secondary N) is 4. The summed E-state index contributed by atoms with van der Waals surface area (Å²) >= 11 is 0. The Bertz CT molecular complexity index is 1110. The quantitative estimate of drug-likeness (QED) is 0.528. The number of H-pyrrole nitrogens is 1. The summed E-state index contributed by atoms with van der Waals surface area (Å²) in [7, 11) is 1.66. The van der Waals surface area contributed by atoms with Crippen LogP contribution >= 0.6 is 0 Å². The SMILES string of the molecule is CNc1cc(Nc2ccc[nH]c2=O)nc2c(C(=O)NC3CCC3(F)F)cnn12. The molecular weight excluding hydrogens is 372 g/mol. The fourth-order valence-corrected chi connectivity index (χ4v) is 2.94. The van der Waals surface area contributed by atoms with E-state index in [1.165, 1.54) is 16.9 Å². The maximum absolute atomic E-state index is 13.5. The first-order chi connectivity index (χ1) is 13.4. The van der Waals surface area contributed by atoms with Crippen LogP contribution in [0.1, 0.15) is 23.2 Å². The Morgan fingerprint density at radius 1 is 1.43 bits per heavy atom. The van der Waals surface area contributed by atoms with Crippen LogP contribution in [-0.2, 0) is 0 Å². The highest BCUT2D eigenvalue weighted by Crippen LogP contribution is 2.37. The number of pyridine rings is 1. The minimum absolute atomic E-state index is 0.0600. The van der Waals surface area contributed by atoms with Gasteiger partial charge in [0.1, 0.15) is 22.9 Å². The van der Waals surface area contributed by atoms with Crippen LogP contribution < -0.4 is 21.5 Å². The highest BCUT2D eigenvalue weighted by molar-refractivity contribution is 6.00. The van der Waals surface area contributed by atoms with Crippen LogP contribution in [0, 0.1) is 0 Å². The van der Waals surface area contributed by atoms with Gasteiger partial charge in [-0.25, -0.2) is 13.8 Å². The molecule has 0 aliphatic heterocycles. The van der Waals surface area contributed by atoms with Crippen molar-refractivity contribution in [3.8, 4) is 0 Å². The number of aromatic amines is 1. The summed E-state index contributed by atoms with van der Waals surface area (Å²) in [5.41, 5.74) is 0.154. The number of alkyl halides is 2. The predicted molar refractivity (Wildman–Crippen MR) is 98.3 cm³/mol. The third-order valence-electron chi connectivity index (χ3n) is 4.63. The van der Waals surface area contributed by atoms with Crippen molar-refractivity contribution in [2.24, 2.45) is 0 Å². The van der Waals surface area contributed by atoms with E-state index >= 15 is 0 Å². The van der Waals surface area contributed by atoms with Crippen LogP contribution in [0.3, 0.4) is 0 Å². The lowest BCUT2D eigenvalue weighted by Gasteiger charge is -2.36. The highest BCUT2D eigenvalue weighted by Gasteiger charge is 2.49. The van der Waals surface area contributed by atoms with Crippen LogP contribution in [0.15, 0.2) is 35.4 Å². The molecule has 28 heavy (non-hydrogen) atoms. The van der Waals surface area contributed by atoms with Gasteiger partial charge in [0, 0.05) is 25.7 Å². The van der Waals surface area contributed by atoms with Gasteiger partial charge in [-0.3, -0.25) is 9.59 Å². The molecule has 0 radical (unpaired) electrons. The van der Waals surface area contributed by atoms with Crippen molar-refractivity contribution in [1.82, 2.24) is 24.9 Å². The van der Waals surface area contributed by atoms with Gasteiger partial charge in [-0.1, -0.05) is 0 Å². The lowest BCUT2D eigenvalue weighted by atomic mass is 9.88. The number of halogens is 2. The summed E-state index contributed by atoms with van der Waals surface area (Å²) < 4.78 is 28.3. The topological polar surface area (TPSA) is 116 Å². The second kappa shape index (κ2) is 6.59. The maximum atomic E-state index is 13.5. The molecule has 1 atom stereocenters. The Balaban J connectivity index is 1.70. The van der Waals surface area contributed by atoms with Gasteiger partial charge < -0.3 is 20.9 Å². The number of aromatic nitrogens is 4. The van der Waals surface area contributed by atoms with Crippen molar-refractivity contribution in [3.05, 3.63) is 46.5 Å². The molecule has 0 aromatic carbocycles. The van der Waals surface area contributed by atoms with Crippen molar-refractivity contribution in [1.29, 1.82) is 0 Å². The zero-order valence-electron chi connectivity index (χ0n) is 14.8. The fraction of sp³-hybridized carbons (Fsp3) is 0.294. The second-order valence-corrected chi connectivity index (χ2v) is 6.43. The molecule has 4 rings (SSSR count). The molecular formula is C17H17F2N7O2. The van der Waals surface area contributed by atoms with Gasteiger partial charge >= 0.3 is 0 Å². The molecule has 1 unspecified atom stereocenters. The van der Waals surface area contributed by atoms with Gasteiger partial charge in [0.05, 0.1) is 12.2 Å². The number of anilines is 3. The van der Waals surface area contributed by atoms with Crippen LogP contribution in [0.5, 0.6) is 0 Å². The number of amides is 1. The Morgan fingerprint density at radius 3 is 2.89 bits per heavy atom. The number of carbonyl (C=O) groups is 1. The smallest absolute Gasteiger partial charge is 0.271 e. The second-order valence-electron chi connectivity index (χ2n) is 6.43. The molecule has 3 heterocycles. The van der Waals surface area contributed by atoms with E-state index in [0.29, 0.717) is 5.82 Å². The van der Waals surface area contributed by atoms with E-state index in [-0.39, 0.29) is 41.1 Å². The minimum Gasteiger partial charge on any atom is -0.373 e. The molecule has 1 aliphatic rings. The summed E-state index contributed by atoms with van der Waals surface area (Å²) in [5.74, 6) is -2.79. The average molecular weight is 389 g/mol. The molecule has 1 saturated carbocycles. The Hall–Kier alpha value is -3.50. The predicted octanol–water partition coefficient (Wildman–Crippen LogP) is 1.73. The van der Waals surface area contributed by atoms with Gasteiger partial charge in [0.2, 0.25) is 0 Å². The number of hydrogen-bond acceptors (Lipinski definition) is 6. The zero-order valence-corrected chi connectivity index (χ0v) is 14.8. The number of fused-ring (bicyclic) bond motifs is 1. The zero-order chi connectivity index (χ0) is 19.9. The number of rotatable bonds is 5. The van der Waals surface area contributed by atoms with E-state index in [0.717, 1.165) is 0 Å². The summed E-state index contributed by atoms with van der Waals surface area (Å²) in [6.07, 6.45) is 2.75. The minimum atomic E-state index is -2.90. The highest BCUT2D eigenvalue weighted by atomic mass is 19.3. The first-order valence-corrected chi connectivity index (χ1v) is 8.59. The van der Waals surface area contributed by atoms with E-state index in [2.05, 4.69) is 31.0 Å². The van der Waals surface area contributed by atoms with Gasteiger partial charge in [-0.15, -0.1) is 0 Å². The number of nitrogens with zero attached hydrogens (tertiary/aromatic N) is 3. The van der Waals surface area contributed by atoms with Crippen LogP contribution in [-0.4, -0.2) is 44.5 Å². The standard InChI is InChI=1S/C17H17F2N7O2/c1-20-13-7-12(23-10-3-2-6-21-16(10)28)25-14-9(8-22-26(13)14)15(27)24-11-4-5-17(11,18)19/h2-3,6-8,11,20H,4-5H2,1H3,(H,21,28)(H,23,25)(H,24,27). The van der Waals surface area contributed by atoms with Gasteiger partial charge in [0.25, 0.3) is 17.4 Å². The third kappa shape index (κ3) is 3.04. The number of hydrogen-bond donors (Lipinski definition) is 4. The van der Waals surface area contributed by atoms with Crippen molar-refractivity contribution in [3.63, 3.8) is 0 Å².